The maximum atomic E-state index is 10.8. The van der Waals surface area contributed by atoms with Crippen molar-refractivity contribution >= 4 is 40.0 Å². The molecule has 17 heavy (non-hydrogen) atoms. The Kier molecular flexibility index (Phi) is 3.01. The van der Waals surface area contributed by atoms with Gasteiger partial charge in [0.1, 0.15) is 11.5 Å². The van der Waals surface area contributed by atoms with Crippen LogP contribution in [0.25, 0.3) is 10.9 Å². The minimum Gasteiger partial charge on any atom is -0.477 e. The maximum Gasteiger partial charge on any atom is 0.352 e. The van der Waals surface area contributed by atoms with Crippen LogP contribution in [-0.4, -0.2) is 27.8 Å². The molecule has 1 heterocycles. The van der Waals surface area contributed by atoms with E-state index in [1.54, 1.807) is 24.3 Å². The lowest BCUT2D eigenvalue weighted by molar-refractivity contribution is 0.0691. The number of hydrogen-bond donors (Lipinski definition) is 3. The maximum absolute atomic E-state index is 10.8. The van der Waals surface area contributed by atoms with E-state index in [4.69, 9.17) is 22.4 Å². The van der Waals surface area contributed by atoms with Gasteiger partial charge < -0.3 is 15.8 Å². The van der Waals surface area contributed by atoms with Gasteiger partial charge in [-0.25, -0.2) is 9.79 Å². The molecule has 0 atom stereocenters. The normalized spacial score (nSPS) is 11.9. The number of carboxylic acid groups (broad SMARTS) is 1. The number of H-pyrrole nitrogens is 1. The summed E-state index contributed by atoms with van der Waals surface area (Å²) in [5.74, 6) is -0.516. The van der Waals surface area contributed by atoms with E-state index in [0.717, 1.165) is 10.9 Å². The number of fused-ring (bicyclic) bond motifs is 1. The smallest absolute Gasteiger partial charge is 0.352 e. The molecular weight excluding hydrogens is 242 g/mol. The molecule has 88 valence electrons. The number of nitrogens with zero attached hydrogens (tertiary/aromatic N) is 1. The Hall–Kier alpha value is -2.01. The van der Waals surface area contributed by atoms with Gasteiger partial charge in [0.05, 0.1) is 11.6 Å². The van der Waals surface area contributed by atoms with E-state index in [0.29, 0.717) is 11.5 Å². The van der Waals surface area contributed by atoms with E-state index >= 15 is 0 Å². The van der Waals surface area contributed by atoms with Crippen LogP contribution in [0.4, 0.5) is 5.69 Å². The second-order valence-corrected chi connectivity index (χ2v) is 3.76. The zero-order valence-corrected chi connectivity index (χ0v) is 9.53. The molecule has 0 aliphatic heterocycles. The number of rotatable bonds is 3. The molecule has 1 aromatic heterocycles. The molecular formula is C11H10ClN3O2. The Balaban J connectivity index is 2.47. The van der Waals surface area contributed by atoms with Gasteiger partial charge in [-0.2, -0.15) is 0 Å². The summed E-state index contributed by atoms with van der Waals surface area (Å²) in [6, 6.07) is 6.79. The fourth-order valence-corrected chi connectivity index (χ4v) is 1.56. The van der Waals surface area contributed by atoms with E-state index in [1.165, 1.54) is 0 Å². The molecule has 0 aliphatic carbocycles. The summed E-state index contributed by atoms with van der Waals surface area (Å²) in [6.07, 6.45) is 0. The minimum absolute atomic E-state index is 0.145. The predicted octanol–water partition coefficient (Wildman–Crippen LogP) is 2.09. The number of carboxylic acids is 1. The number of aliphatic imine (C=N–C) groups is 1. The monoisotopic (exact) mass is 251 g/mol. The molecule has 4 N–H and O–H groups in total. The quantitative estimate of drug-likeness (QED) is 0.443. The molecule has 5 nitrogen and oxygen atoms in total. The van der Waals surface area contributed by atoms with Crippen LogP contribution in [0, 0.1) is 0 Å². The highest BCUT2D eigenvalue weighted by Gasteiger charge is 2.07. The summed E-state index contributed by atoms with van der Waals surface area (Å²) in [5.41, 5.74) is 7.05. The van der Waals surface area contributed by atoms with Gasteiger partial charge in [0.15, 0.2) is 0 Å². The van der Waals surface area contributed by atoms with E-state index in [2.05, 4.69) is 9.98 Å². The Bertz CT molecular complexity index is 604. The van der Waals surface area contributed by atoms with Crippen molar-refractivity contribution in [2.75, 3.05) is 5.88 Å². The van der Waals surface area contributed by atoms with Crippen molar-refractivity contribution in [3.05, 3.63) is 30.0 Å². The molecule has 0 bridgehead atoms. The lowest BCUT2D eigenvalue weighted by Crippen LogP contribution is -2.12. The zero-order chi connectivity index (χ0) is 12.4. The first kappa shape index (κ1) is 11.5. The van der Waals surface area contributed by atoms with Crippen LogP contribution in [0.1, 0.15) is 10.5 Å². The topological polar surface area (TPSA) is 91.5 Å². The number of benzene rings is 1. The average molecular weight is 252 g/mol. The molecule has 6 heteroatoms. The highest BCUT2D eigenvalue weighted by Crippen LogP contribution is 2.22. The second-order valence-electron chi connectivity index (χ2n) is 3.50. The average Bonchev–Trinajstić information content (AvgIpc) is 2.72. The summed E-state index contributed by atoms with van der Waals surface area (Å²) in [5, 5.41) is 9.61. The van der Waals surface area contributed by atoms with Gasteiger partial charge in [-0.1, -0.05) is 0 Å². The lowest BCUT2D eigenvalue weighted by atomic mass is 10.2. The van der Waals surface area contributed by atoms with Crippen molar-refractivity contribution in [2.45, 2.75) is 0 Å². The lowest BCUT2D eigenvalue weighted by Gasteiger charge is -1.96. The molecule has 2 aromatic rings. The van der Waals surface area contributed by atoms with E-state index < -0.39 is 5.97 Å². The predicted molar refractivity (Wildman–Crippen MR) is 67.3 cm³/mol. The third-order valence-corrected chi connectivity index (χ3v) is 2.52. The second kappa shape index (κ2) is 4.47. The number of aromatic nitrogens is 1. The Morgan fingerprint density at radius 3 is 2.88 bits per heavy atom. The number of nitrogens with two attached hydrogens (primary N) is 1. The van der Waals surface area contributed by atoms with Crippen molar-refractivity contribution in [3.8, 4) is 0 Å². The molecule has 2 rings (SSSR count). The third-order valence-electron chi connectivity index (χ3n) is 2.24. The number of hydrogen-bond acceptors (Lipinski definition) is 2. The number of aromatic carboxylic acids is 1. The van der Waals surface area contributed by atoms with Gasteiger partial charge in [-0.05, 0) is 24.3 Å². The Morgan fingerprint density at radius 1 is 1.47 bits per heavy atom. The Morgan fingerprint density at radius 2 is 2.24 bits per heavy atom. The molecule has 0 unspecified atom stereocenters. The first-order chi connectivity index (χ1) is 8.10. The summed E-state index contributed by atoms with van der Waals surface area (Å²) >= 11 is 5.53. The molecule has 1 aromatic carbocycles. The van der Waals surface area contributed by atoms with Crippen molar-refractivity contribution < 1.29 is 9.90 Å². The molecule has 0 fully saturated rings. The van der Waals surface area contributed by atoms with Gasteiger partial charge >= 0.3 is 5.97 Å². The van der Waals surface area contributed by atoms with Gasteiger partial charge in [0.25, 0.3) is 0 Å². The summed E-state index contributed by atoms with van der Waals surface area (Å²) < 4.78 is 0. The summed E-state index contributed by atoms with van der Waals surface area (Å²) in [7, 11) is 0. The third kappa shape index (κ3) is 2.39. The van der Waals surface area contributed by atoms with Gasteiger partial charge in [0, 0.05) is 10.9 Å². The molecule has 0 spiro atoms. The van der Waals surface area contributed by atoms with Crippen LogP contribution in [0.2, 0.25) is 0 Å². The SMILES string of the molecule is NC(CCl)=Nc1ccc2[nH]c(C(=O)O)cc2c1. The van der Waals surface area contributed by atoms with Crippen molar-refractivity contribution in [1.82, 2.24) is 4.98 Å². The highest BCUT2D eigenvalue weighted by molar-refractivity contribution is 6.28. The fraction of sp³-hybridized carbons (Fsp3) is 0.0909. The van der Waals surface area contributed by atoms with Crippen molar-refractivity contribution in [2.24, 2.45) is 10.7 Å². The van der Waals surface area contributed by atoms with E-state index in [-0.39, 0.29) is 11.6 Å². The summed E-state index contributed by atoms with van der Waals surface area (Å²) in [6.45, 7) is 0. The number of alkyl halides is 1. The zero-order valence-electron chi connectivity index (χ0n) is 8.77. The van der Waals surface area contributed by atoms with Crippen LogP contribution in [0.3, 0.4) is 0 Å². The van der Waals surface area contributed by atoms with Crippen LogP contribution in [-0.2, 0) is 0 Å². The molecule has 0 saturated heterocycles. The number of aromatic amines is 1. The first-order valence-electron chi connectivity index (χ1n) is 4.85. The van der Waals surface area contributed by atoms with E-state index in [1.807, 2.05) is 0 Å². The number of amidine groups is 1. The number of nitrogens with one attached hydrogen (secondary N) is 1. The molecule has 0 radical (unpaired) electrons. The van der Waals surface area contributed by atoms with Crippen molar-refractivity contribution in [1.29, 1.82) is 0 Å². The minimum atomic E-state index is -0.994. The Labute approximate surface area is 102 Å². The van der Waals surface area contributed by atoms with Gasteiger partial charge in [-0.3, -0.25) is 0 Å². The standard InChI is InChI=1S/C11H10ClN3O2/c12-5-10(13)14-7-1-2-8-6(3-7)4-9(15-8)11(16)17/h1-4,15H,5H2,(H2,13,14)(H,16,17). The van der Waals surface area contributed by atoms with Crippen LogP contribution >= 0.6 is 11.6 Å². The van der Waals surface area contributed by atoms with Crippen LogP contribution < -0.4 is 5.73 Å². The summed E-state index contributed by atoms with van der Waals surface area (Å²) in [4.78, 5) is 17.7. The fourth-order valence-electron chi connectivity index (χ4n) is 1.50. The largest absolute Gasteiger partial charge is 0.477 e. The number of halogens is 1. The van der Waals surface area contributed by atoms with Crippen LogP contribution in [0.5, 0.6) is 0 Å². The highest BCUT2D eigenvalue weighted by atomic mass is 35.5. The number of carbonyl (C=O) groups is 1. The van der Waals surface area contributed by atoms with Gasteiger partial charge in [0.2, 0.25) is 0 Å². The van der Waals surface area contributed by atoms with Crippen LogP contribution in [0.15, 0.2) is 29.3 Å². The molecule has 0 amide bonds. The van der Waals surface area contributed by atoms with Gasteiger partial charge in [-0.15, -0.1) is 11.6 Å². The van der Waals surface area contributed by atoms with Crippen molar-refractivity contribution in [3.63, 3.8) is 0 Å². The first-order valence-corrected chi connectivity index (χ1v) is 5.38. The molecule has 0 aliphatic rings. The van der Waals surface area contributed by atoms with E-state index in [9.17, 15) is 4.79 Å². The molecule has 0 saturated carbocycles.